The molecule has 0 saturated heterocycles. The third-order valence-electron chi connectivity index (χ3n) is 3.50. The van der Waals surface area contributed by atoms with Crippen molar-refractivity contribution in [2.75, 3.05) is 0 Å². The van der Waals surface area contributed by atoms with Gasteiger partial charge < -0.3 is 5.11 Å². The zero-order chi connectivity index (χ0) is 15.0. The van der Waals surface area contributed by atoms with Crippen LogP contribution in [0.25, 0.3) is 21.2 Å². The van der Waals surface area contributed by atoms with Crippen molar-refractivity contribution in [3.63, 3.8) is 0 Å². The molecule has 0 saturated carbocycles. The first-order chi connectivity index (χ1) is 10.1. The van der Waals surface area contributed by atoms with Gasteiger partial charge in [-0.2, -0.15) is 0 Å². The van der Waals surface area contributed by atoms with Crippen LogP contribution in [-0.4, -0.2) is 17.4 Å². The van der Waals surface area contributed by atoms with E-state index in [0.717, 1.165) is 33.1 Å². The van der Waals surface area contributed by atoms with Crippen molar-refractivity contribution in [2.24, 2.45) is 0 Å². The standard InChI is InChI=1S/C17H12O3S/c1-10-2-3-11-8-12(4-5-13(11)14(10)9-18)15-6-7-16(21-15)17(19)20/h2-9H,1H3,(H,19,20). The predicted molar refractivity (Wildman–Crippen MR) is 84.3 cm³/mol. The smallest absolute Gasteiger partial charge is 0.345 e. The maximum Gasteiger partial charge on any atom is 0.345 e. The van der Waals surface area contributed by atoms with Gasteiger partial charge >= 0.3 is 5.97 Å². The number of rotatable bonds is 3. The van der Waals surface area contributed by atoms with Gasteiger partial charge in [0.1, 0.15) is 4.88 Å². The van der Waals surface area contributed by atoms with Crippen molar-refractivity contribution in [1.29, 1.82) is 0 Å². The first kappa shape index (κ1) is 13.5. The summed E-state index contributed by atoms with van der Waals surface area (Å²) in [6.07, 6.45) is 0.880. The highest BCUT2D eigenvalue weighted by molar-refractivity contribution is 7.17. The van der Waals surface area contributed by atoms with Crippen molar-refractivity contribution in [3.8, 4) is 10.4 Å². The van der Waals surface area contributed by atoms with Crippen molar-refractivity contribution in [2.45, 2.75) is 6.92 Å². The third-order valence-corrected chi connectivity index (χ3v) is 4.62. The predicted octanol–water partition coefficient (Wildman–Crippen LogP) is 4.39. The molecular weight excluding hydrogens is 284 g/mol. The molecule has 0 fully saturated rings. The number of benzene rings is 2. The lowest BCUT2D eigenvalue weighted by molar-refractivity contribution is 0.0702. The number of hydrogen-bond donors (Lipinski definition) is 1. The second kappa shape index (κ2) is 5.14. The van der Waals surface area contributed by atoms with Crippen LogP contribution in [0.15, 0.2) is 42.5 Å². The van der Waals surface area contributed by atoms with Gasteiger partial charge in [-0.05, 0) is 47.0 Å². The average Bonchev–Trinajstić information content (AvgIpc) is 2.97. The molecule has 0 bridgehead atoms. The van der Waals surface area contributed by atoms with E-state index in [1.165, 1.54) is 11.3 Å². The van der Waals surface area contributed by atoms with Gasteiger partial charge in [-0.3, -0.25) is 4.79 Å². The summed E-state index contributed by atoms with van der Waals surface area (Å²) in [6.45, 7) is 1.91. The molecule has 2 aromatic carbocycles. The molecular formula is C17H12O3S. The Morgan fingerprint density at radius 2 is 1.95 bits per heavy atom. The summed E-state index contributed by atoms with van der Waals surface area (Å²) >= 11 is 1.25. The summed E-state index contributed by atoms with van der Waals surface area (Å²) in [5.41, 5.74) is 2.62. The monoisotopic (exact) mass is 296 g/mol. The van der Waals surface area contributed by atoms with Crippen LogP contribution >= 0.6 is 11.3 Å². The molecule has 3 rings (SSSR count). The first-order valence-electron chi connectivity index (χ1n) is 6.42. The summed E-state index contributed by atoms with van der Waals surface area (Å²) in [7, 11) is 0. The number of aldehydes is 1. The maximum absolute atomic E-state index is 11.2. The quantitative estimate of drug-likeness (QED) is 0.729. The van der Waals surface area contributed by atoms with E-state index in [2.05, 4.69) is 0 Å². The molecule has 3 aromatic rings. The Bertz CT molecular complexity index is 862. The van der Waals surface area contributed by atoms with Crippen molar-refractivity contribution in [1.82, 2.24) is 0 Å². The lowest BCUT2D eigenvalue weighted by Gasteiger charge is -2.06. The molecule has 1 heterocycles. The Morgan fingerprint density at radius 3 is 2.62 bits per heavy atom. The fourth-order valence-electron chi connectivity index (χ4n) is 2.38. The van der Waals surface area contributed by atoms with Crippen LogP contribution in [0.4, 0.5) is 0 Å². The van der Waals surface area contributed by atoms with Crippen LogP contribution in [-0.2, 0) is 0 Å². The normalized spacial score (nSPS) is 10.7. The number of hydrogen-bond acceptors (Lipinski definition) is 3. The van der Waals surface area contributed by atoms with E-state index in [4.69, 9.17) is 5.11 Å². The lowest BCUT2D eigenvalue weighted by atomic mass is 9.98. The van der Waals surface area contributed by atoms with E-state index in [1.54, 1.807) is 6.07 Å². The molecule has 3 nitrogen and oxygen atoms in total. The van der Waals surface area contributed by atoms with Crippen LogP contribution in [0.1, 0.15) is 25.6 Å². The van der Waals surface area contributed by atoms with Crippen LogP contribution in [0.2, 0.25) is 0 Å². The van der Waals surface area contributed by atoms with Gasteiger partial charge in [0.2, 0.25) is 0 Å². The minimum absolute atomic E-state index is 0.322. The SMILES string of the molecule is Cc1ccc2cc(-c3ccc(C(=O)O)s3)ccc2c1C=O. The molecule has 1 N–H and O–H groups in total. The van der Waals surface area contributed by atoms with Gasteiger partial charge in [0.25, 0.3) is 0 Å². The minimum atomic E-state index is -0.911. The highest BCUT2D eigenvalue weighted by Crippen LogP contribution is 2.31. The van der Waals surface area contributed by atoms with Crippen molar-refractivity contribution in [3.05, 3.63) is 58.5 Å². The van der Waals surface area contributed by atoms with Gasteiger partial charge in [0.05, 0.1) is 0 Å². The van der Waals surface area contributed by atoms with Crippen LogP contribution in [0.5, 0.6) is 0 Å². The van der Waals surface area contributed by atoms with E-state index in [1.807, 2.05) is 43.3 Å². The molecule has 0 aliphatic rings. The number of fused-ring (bicyclic) bond motifs is 1. The molecule has 0 aliphatic carbocycles. The number of carboxylic acids is 1. The highest BCUT2D eigenvalue weighted by Gasteiger charge is 2.10. The van der Waals surface area contributed by atoms with Crippen LogP contribution in [0.3, 0.4) is 0 Å². The third kappa shape index (κ3) is 2.34. The van der Waals surface area contributed by atoms with Gasteiger partial charge in [-0.25, -0.2) is 4.79 Å². The molecule has 0 aliphatic heterocycles. The number of aryl methyl sites for hydroxylation is 1. The zero-order valence-corrected chi connectivity index (χ0v) is 12.1. The molecule has 21 heavy (non-hydrogen) atoms. The maximum atomic E-state index is 11.2. The number of carboxylic acid groups (broad SMARTS) is 1. The fraction of sp³-hybridized carbons (Fsp3) is 0.0588. The van der Waals surface area contributed by atoms with E-state index < -0.39 is 5.97 Å². The van der Waals surface area contributed by atoms with E-state index in [9.17, 15) is 9.59 Å². The van der Waals surface area contributed by atoms with Gasteiger partial charge in [0, 0.05) is 10.4 Å². The largest absolute Gasteiger partial charge is 0.477 e. The number of carbonyl (C=O) groups excluding carboxylic acids is 1. The second-order valence-electron chi connectivity index (χ2n) is 4.82. The molecule has 0 radical (unpaired) electrons. The van der Waals surface area contributed by atoms with Crippen LogP contribution in [0, 0.1) is 6.92 Å². The van der Waals surface area contributed by atoms with Crippen molar-refractivity contribution < 1.29 is 14.7 Å². The average molecular weight is 296 g/mol. The molecule has 0 spiro atoms. The molecule has 4 heteroatoms. The minimum Gasteiger partial charge on any atom is -0.477 e. The summed E-state index contributed by atoms with van der Waals surface area (Å²) < 4.78 is 0. The summed E-state index contributed by atoms with van der Waals surface area (Å²) in [5, 5.41) is 10.9. The Hall–Kier alpha value is -2.46. The molecule has 0 atom stereocenters. The Labute approximate surface area is 125 Å². The topological polar surface area (TPSA) is 54.4 Å². The highest BCUT2D eigenvalue weighted by atomic mass is 32.1. The molecule has 104 valence electrons. The number of carbonyl (C=O) groups is 2. The van der Waals surface area contributed by atoms with Crippen molar-refractivity contribution >= 4 is 34.4 Å². The first-order valence-corrected chi connectivity index (χ1v) is 7.24. The van der Waals surface area contributed by atoms with E-state index in [-0.39, 0.29) is 0 Å². The van der Waals surface area contributed by atoms with Gasteiger partial charge in [0.15, 0.2) is 6.29 Å². The number of aromatic carboxylic acids is 1. The Balaban J connectivity index is 2.15. The molecule has 1 aromatic heterocycles. The summed E-state index contributed by atoms with van der Waals surface area (Å²) in [4.78, 5) is 23.4. The second-order valence-corrected chi connectivity index (χ2v) is 5.90. The molecule has 0 amide bonds. The van der Waals surface area contributed by atoms with Crippen LogP contribution < -0.4 is 0 Å². The molecule has 0 unspecified atom stereocenters. The Morgan fingerprint density at radius 1 is 1.14 bits per heavy atom. The lowest BCUT2D eigenvalue weighted by Crippen LogP contribution is -1.89. The van der Waals surface area contributed by atoms with Gasteiger partial charge in [-0.15, -0.1) is 11.3 Å². The van der Waals surface area contributed by atoms with E-state index >= 15 is 0 Å². The zero-order valence-electron chi connectivity index (χ0n) is 11.3. The summed E-state index contributed by atoms with van der Waals surface area (Å²) in [5.74, 6) is -0.911. The van der Waals surface area contributed by atoms with Gasteiger partial charge in [-0.1, -0.05) is 24.3 Å². The van der Waals surface area contributed by atoms with E-state index in [0.29, 0.717) is 10.4 Å². The number of thiophene rings is 1. The summed E-state index contributed by atoms with van der Waals surface area (Å²) in [6, 6.07) is 13.1. The Kier molecular flexibility index (Phi) is 3.31. The fourth-order valence-corrected chi connectivity index (χ4v) is 3.22.